The topological polar surface area (TPSA) is 112 Å². The van der Waals surface area contributed by atoms with E-state index >= 15 is 0 Å². The minimum atomic E-state index is -1.14. The highest BCUT2D eigenvalue weighted by atomic mass is 16.5. The number of ether oxygens (including phenoxy) is 2. The second kappa shape index (κ2) is 8.16. The number of hydrogen-bond donors (Lipinski definition) is 3. The summed E-state index contributed by atoms with van der Waals surface area (Å²) in [5, 5.41) is 15.7. The standard InChI is InChI=1S/C15H26N4O4/c1-10(2)22-7-8-23-14-13(17-15(20)21)9-19(18-14)12-5-3-11(16)4-6-12/h9-12,17H,3-8,16H2,1-2H3,(H,20,21). The summed E-state index contributed by atoms with van der Waals surface area (Å²) >= 11 is 0. The molecule has 0 atom stereocenters. The van der Waals surface area contributed by atoms with Gasteiger partial charge in [-0.05, 0) is 39.5 Å². The van der Waals surface area contributed by atoms with E-state index in [1.54, 1.807) is 10.9 Å². The molecule has 1 aliphatic rings. The number of anilines is 1. The molecule has 2 rings (SSSR count). The number of carboxylic acid groups (broad SMARTS) is 1. The van der Waals surface area contributed by atoms with Crippen LogP contribution in [0.2, 0.25) is 0 Å². The Hall–Kier alpha value is -1.80. The quantitative estimate of drug-likeness (QED) is 0.662. The van der Waals surface area contributed by atoms with Gasteiger partial charge in [-0.25, -0.2) is 4.79 Å². The largest absolute Gasteiger partial charge is 0.473 e. The van der Waals surface area contributed by atoms with E-state index in [1.807, 2.05) is 13.8 Å². The van der Waals surface area contributed by atoms with Crippen LogP contribution in [0.3, 0.4) is 0 Å². The van der Waals surface area contributed by atoms with Crippen molar-refractivity contribution in [2.24, 2.45) is 5.73 Å². The highest BCUT2D eigenvalue weighted by molar-refractivity contribution is 5.84. The second-order valence-corrected chi connectivity index (χ2v) is 6.09. The molecule has 0 unspecified atom stereocenters. The van der Waals surface area contributed by atoms with Crippen molar-refractivity contribution in [1.29, 1.82) is 0 Å². The summed E-state index contributed by atoms with van der Waals surface area (Å²) in [4.78, 5) is 10.9. The maximum Gasteiger partial charge on any atom is 0.409 e. The van der Waals surface area contributed by atoms with E-state index in [9.17, 15) is 4.79 Å². The molecule has 8 heteroatoms. The van der Waals surface area contributed by atoms with Gasteiger partial charge in [0.05, 0.1) is 24.9 Å². The highest BCUT2D eigenvalue weighted by Gasteiger charge is 2.23. The molecule has 1 saturated carbocycles. The highest BCUT2D eigenvalue weighted by Crippen LogP contribution is 2.31. The summed E-state index contributed by atoms with van der Waals surface area (Å²) in [6.07, 6.45) is 4.44. The molecule has 0 saturated heterocycles. The van der Waals surface area contributed by atoms with Crippen molar-refractivity contribution < 1.29 is 19.4 Å². The van der Waals surface area contributed by atoms with Crippen LogP contribution >= 0.6 is 0 Å². The predicted molar refractivity (Wildman–Crippen MR) is 85.9 cm³/mol. The van der Waals surface area contributed by atoms with Crippen LogP contribution < -0.4 is 15.8 Å². The van der Waals surface area contributed by atoms with Crippen LogP contribution in [-0.4, -0.2) is 46.3 Å². The number of carbonyl (C=O) groups is 1. The van der Waals surface area contributed by atoms with Gasteiger partial charge in [0.15, 0.2) is 0 Å². The van der Waals surface area contributed by atoms with Gasteiger partial charge in [0.1, 0.15) is 12.3 Å². The Morgan fingerprint density at radius 2 is 2.13 bits per heavy atom. The van der Waals surface area contributed by atoms with Crippen LogP contribution in [0, 0.1) is 0 Å². The fourth-order valence-corrected chi connectivity index (χ4v) is 2.66. The van der Waals surface area contributed by atoms with Gasteiger partial charge in [-0.3, -0.25) is 10.00 Å². The zero-order chi connectivity index (χ0) is 16.8. The van der Waals surface area contributed by atoms with Crippen LogP contribution in [-0.2, 0) is 4.74 Å². The lowest BCUT2D eigenvalue weighted by atomic mass is 9.92. The fourth-order valence-electron chi connectivity index (χ4n) is 2.66. The van der Waals surface area contributed by atoms with Gasteiger partial charge in [-0.15, -0.1) is 5.10 Å². The third-order valence-corrected chi connectivity index (χ3v) is 3.83. The minimum Gasteiger partial charge on any atom is -0.473 e. The van der Waals surface area contributed by atoms with E-state index < -0.39 is 6.09 Å². The molecule has 130 valence electrons. The number of rotatable bonds is 7. The van der Waals surface area contributed by atoms with Gasteiger partial charge >= 0.3 is 6.09 Å². The molecule has 1 aliphatic carbocycles. The monoisotopic (exact) mass is 326 g/mol. The molecule has 23 heavy (non-hydrogen) atoms. The van der Waals surface area contributed by atoms with Crippen molar-refractivity contribution in [3.8, 4) is 5.88 Å². The van der Waals surface area contributed by atoms with Gasteiger partial charge in [-0.2, -0.15) is 0 Å². The van der Waals surface area contributed by atoms with Crippen molar-refractivity contribution in [3.05, 3.63) is 6.20 Å². The summed E-state index contributed by atoms with van der Waals surface area (Å²) in [5.74, 6) is 0.287. The molecule has 0 spiro atoms. The summed E-state index contributed by atoms with van der Waals surface area (Å²) in [6.45, 7) is 4.63. The van der Waals surface area contributed by atoms with E-state index in [-0.39, 0.29) is 24.1 Å². The number of aromatic nitrogens is 2. The molecular weight excluding hydrogens is 300 g/mol. The first-order chi connectivity index (χ1) is 11.0. The molecule has 0 aliphatic heterocycles. The zero-order valence-electron chi connectivity index (χ0n) is 13.7. The lowest BCUT2D eigenvalue weighted by molar-refractivity contribution is 0.0541. The van der Waals surface area contributed by atoms with E-state index in [0.717, 1.165) is 25.7 Å². The molecule has 4 N–H and O–H groups in total. The van der Waals surface area contributed by atoms with Crippen LogP contribution in [0.4, 0.5) is 10.5 Å². The van der Waals surface area contributed by atoms with Gasteiger partial charge in [-0.1, -0.05) is 0 Å². The van der Waals surface area contributed by atoms with Gasteiger partial charge in [0, 0.05) is 6.04 Å². The maximum atomic E-state index is 10.9. The number of nitrogens with two attached hydrogens (primary N) is 1. The molecule has 0 bridgehead atoms. The summed E-state index contributed by atoms with van der Waals surface area (Å²) in [6, 6.07) is 0.482. The van der Waals surface area contributed by atoms with Crippen LogP contribution in [0.5, 0.6) is 5.88 Å². The van der Waals surface area contributed by atoms with Gasteiger partial charge in [0.2, 0.25) is 0 Å². The third kappa shape index (κ3) is 5.40. The normalized spacial score (nSPS) is 21.4. The summed E-state index contributed by atoms with van der Waals surface area (Å²) < 4.78 is 12.8. The average molecular weight is 326 g/mol. The lowest BCUT2D eigenvalue weighted by Crippen LogP contribution is -2.28. The molecule has 1 aromatic rings. The van der Waals surface area contributed by atoms with Gasteiger partial charge in [0.25, 0.3) is 5.88 Å². The zero-order valence-corrected chi connectivity index (χ0v) is 13.7. The Kier molecular flexibility index (Phi) is 6.23. The average Bonchev–Trinajstić information content (AvgIpc) is 2.86. The first-order valence-electron chi connectivity index (χ1n) is 8.04. The van der Waals surface area contributed by atoms with Crippen molar-refractivity contribution >= 4 is 11.8 Å². The number of amides is 1. The first-order valence-corrected chi connectivity index (χ1v) is 8.04. The van der Waals surface area contributed by atoms with E-state index in [0.29, 0.717) is 18.9 Å². The smallest absolute Gasteiger partial charge is 0.409 e. The van der Waals surface area contributed by atoms with Crippen molar-refractivity contribution in [2.45, 2.75) is 57.7 Å². The van der Waals surface area contributed by atoms with Crippen LogP contribution in [0.15, 0.2) is 6.20 Å². The Labute approximate surface area is 135 Å². The third-order valence-electron chi connectivity index (χ3n) is 3.83. The number of nitrogens with zero attached hydrogens (tertiary/aromatic N) is 2. The maximum absolute atomic E-state index is 10.9. The molecular formula is C15H26N4O4. The molecule has 1 amide bonds. The number of nitrogens with one attached hydrogen (secondary N) is 1. The van der Waals surface area contributed by atoms with E-state index in [1.165, 1.54) is 0 Å². The fraction of sp³-hybridized carbons (Fsp3) is 0.733. The van der Waals surface area contributed by atoms with E-state index in [2.05, 4.69) is 10.4 Å². The molecule has 1 fully saturated rings. The Bertz CT molecular complexity index is 510. The predicted octanol–water partition coefficient (Wildman–Crippen LogP) is 2.22. The number of hydrogen-bond acceptors (Lipinski definition) is 5. The molecule has 1 aromatic heterocycles. The second-order valence-electron chi connectivity index (χ2n) is 6.09. The summed E-state index contributed by atoms with van der Waals surface area (Å²) in [5.41, 5.74) is 6.28. The minimum absolute atomic E-state index is 0.124. The molecule has 1 heterocycles. The molecule has 0 radical (unpaired) electrons. The van der Waals surface area contributed by atoms with Crippen LogP contribution in [0.1, 0.15) is 45.6 Å². The van der Waals surface area contributed by atoms with Gasteiger partial charge < -0.3 is 20.3 Å². The first kappa shape index (κ1) is 17.6. The molecule has 0 aromatic carbocycles. The van der Waals surface area contributed by atoms with Crippen molar-refractivity contribution in [2.75, 3.05) is 18.5 Å². The SMILES string of the molecule is CC(C)OCCOc1nn(C2CCC(N)CC2)cc1NC(=O)O. The Morgan fingerprint density at radius 1 is 1.43 bits per heavy atom. The molecule has 8 nitrogen and oxygen atoms in total. The van der Waals surface area contributed by atoms with Crippen LogP contribution in [0.25, 0.3) is 0 Å². The van der Waals surface area contributed by atoms with E-state index in [4.69, 9.17) is 20.3 Å². The Morgan fingerprint density at radius 3 is 2.74 bits per heavy atom. The summed E-state index contributed by atoms with van der Waals surface area (Å²) in [7, 11) is 0. The Balaban J connectivity index is 2.01. The van der Waals surface area contributed by atoms with Crippen molar-refractivity contribution in [3.63, 3.8) is 0 Å². The lowest BCUT2D eigenvalue weighted by Gasteiger charge is -2.26. The van der Waals surface area contributed by atoms with Crippen molar-refractivity contribution in [1.82, 2.24) is 9.78 Å².